The highest BCUT2D eigenvalue weighted by Gasteiger charge is 2.31. The van der Waals surface area contributed by atoms with Gasteiger partial charge in [0.15, 0.2) is 0 Å². The van der Waals surface area contributed by atoms with Crippen molar-refractivity contribution in [2.75, 3.05) is 33.3 Å². The van der Waals surface area contributed by atoms with E-state index in [1.165, 1.54) is 12.7 Å². The molecule has 0 spiro atoms. The number of nitrogens with zero attached hydrogens (tertiary/aromatic N) is 2. The molecule has 3 rings (SSSR count). The van der Waals surface area contributed by atoms with Crippen molar-refractivity contribution in [2.24, 2.45) is 0 Å². The normalized spacial score (nSPS) is 16.7. The van der Waals surface area contributed by atoms with Crippen LogP contribution in [0.15, 0.2) is 53.4 Å². The van der Waals surface area contributed by atoms with Crippen LogP contribution < -0.4 is 4.74 Å². The van der Waals surface area contributed by atoms with Crippen LogP contribution in [-0.2, 0) is 16.6 Å². The van der Waals surface area contributed by atoms with Gasteiger partial charge in [-0.25, -0.2) is 8.42 Å². The summed E-state index contributed by atoms with van der Waals surface area (Å²) < 4.78 is 33.7. The molecule has 1 aliphatic heterocycles. The van der Waals surface area contributed by atoms with Crippen LogP contribution in [0.2, 0.25) is 0 Å². The van der Waals surface area contributed by atoms with Gasteiger partial charge in [0.1, 0.15) is 10.6 Å². The van der Waals surface area contributed by atoms with Gasteiger partial charge >= 0.3 is 0 Å². The van der Waals surface area contributed by atoms with Crippen LogP contribution in [0.3, 0.4) is 0 Å². The lowest BCUT2D eigenvalue weighted by Crippen LogP contribution is -2.48. The number of hydrogen-bond donors (Lipinski definition) is 0. The number of rotatable bonds is 5. The summed E-state index contributed by atoms with van der Waals surface area (Å²) in [6.45, 7) is 3.27. The number of sulfonamides is 1. The topological polar surface area (TPSA) is 49.9 Å². The molecule has 0 aromatic heterocycles. The number of benzene rings is 2. The maximum Gasteiger partial charge on any atom is 0.246 e. The van der Waals surface area contributed by atoms with E-state index >= 15 is 0 Å². The molecule has 0 N–H and O–H groups in total. The predicted molar refractivity (Wildman–Crippen MR) is 106 cm³/mol. The fourth-order valence-electron chi connectivity index (χ4n) is 2.96. The molecular weight excluding hydrogens is 451 g/mol. The van der Waals surface area contributed by atoms with E-state index in [2.05, 4.69) is 39.6 Å². The van der Waals surface area contributed by atoms with Crippen molar-refractivity contribution < 1.29 is 13.2 Å². The minimum Gasteiger partial charge on any atom is -0.495 e. The van der Waals surface area contributed by atoms with Crippen molar-refractivity contribution >= 4 is 32.6 Å². The van der Waals surface area contributed by atoms with Crippen LogP contribution in [-0.4, -0.2) is 50.9 Å². The van der Waals surface area contributed by atoms with E-state index in [0.29, 0.717) is 18.8 Å². The average molecular weight is 472 g/mol. The Morgan fingerprint density at radius 3 is 2.36 bits per heavy atom. The molecule has 1 heterocycles. The molecule has 1 saturated heterocycles. The summed E-state index contributed by atoms with van der Waals surface area (Å²) in [5, 5.41) is 0. The average Bonchev–Trinajstić information content (AvgIpc) is 2.63. The summed E-state index contributed by atoms with van der Waals surface area (Å²) in [6.07, 6.45) is 0. The molecule has 1 aliphatic rings. The van der Waals surface area contributed by atoms with Crippen LogP contribution in [0.25, 0.3) is 0 Å². The molecule has 0 unspecified atom stereocenters. The minimum atomic E-state index is -3.55. The van der Waals surface area contributed by atoms with Crippen LogP contribution in [0.4, 0.5) is 0 Å². The second kappa shape index (κ2) is 8.03. The van der Waals surface area contributed by atoms with E-state index in [-0.39, 0.29) is 4.90 Å². The molecule has 7 heteroatoms. The number of piperazine rings is 1. The Morgan fingerprint density at radius 1 is 1.04 bits per heavy atom. The van der Waals surface area contributed by atoms with Crippen molar-refractivity contribution in [1.82, 2.24) is 9.21 Å². The summed E-state index contributed by atoms with van der Waals surface area (Å²) in [5.41, 5.74) is 1.25. The van der Waals surface area contributed by atoms with E-state index in [4.69, 9.17) is 4.74 Å². The standard InChI is InChI=1S/C18H21IN2O3S/c1-24-17-8-7-16(19)13-18(17)25(22,23)21-11-9-20(10-12-21)14-15-5-3-2-4-6-15/h2-8,13H,9-12,14H2,1H3. The Bertz CT molecular complexity index is 819. The second-order valence-electron chi connectivity index (χ2n) is 5.96. The van der Waals surface area contributed by atoms with Crippen LogP contribution in [0.5, 0.6) is 5.75 Å². The Labute approximate surface area is 162 Å². The van der Waals surface area contributed by atoms with Crippen molar-refractivity contribution in [3.63, 3.8) is 0 Å². The summed E-state index contributed by atoms with van der Waals surface area (Å²) >= 11 is 2.12. The van der Waals surface area contributed by atoms with Gasteiger partial charge in [-0.3, -0.25) is 4.90 Å². The molecular formula is C18H21IN2O3S. The molecule has 0 bridgehead atoms. The smallest absolute Gasteiger partial charge is 0.246 e. The number of hydrogen-bond acceptors (Lipinski definition) is 4. The van der Waals surface area contributed by atoms with Gasteiger partial charge in [-0.2, -0.15) is 4.31 Å². The summed E-state index contributed by atoms with van der Waals surface area (Å²) in [4.78, 5) is 2.53. The van der Waals surface area contributed by atoms with Gasteiger partial charge in [0.2, 0.25) is 10.0 Å². The Balaban J connectivity index is 1.71. The third-order valence-corrected chi connectivity index (χ3v) is 6.91. The monoisotopic (exact) mass is 472 g/mol. The second-order valence-corrected chi connectivity index (χ2v) is 9.11. The molecule has 25 heavy (non-hydrogen) atoms. The van der Waals surface area contributed by atoms with Gasteiger partial charge < -0.3 is 4.74 Å². The molecule has 2 aromatic rings. The number of halogens is 1. The lowest BCUT2D eigenvalue weighted by atomic mass is 10.2. The van der Waals surface area contributed by atoms with Crippen molar-refractivity contribution in [2.45, 2.75) is 11.4 Å². The molecule has 5 nitrogen and oxygen atoms in total. The van der Waals surface area contributed by atoms with E-state index < -0.39 is 10.0 Å². The van der Waals surface area contributed by atoms with Gasteiger partial charge in [-0.1, -0.05) is 30.3 Å². The van der Waals surface area contributed by atoms with E-state index in [9.17, 15) is 8.42 Å². The number of ether oxygens (including phenoxy) is 1. The number of methoxy groups -OCH3 is 1. The first-order valence-corrected chi connectivity index (χ1v) is 10.6. The third-order valence-electron chi connectivity index (χ3n) is 4.32. The van der Waals surface area contributed by atoms with E-state index in [1.54, 1.807) is 16.4 Å². The van der Waals surface area contributed by atoms with Crippen LogP contribution in [0.1, 0.15) is 5.56 Å². The summed E-state index contributed by atoms with van der Waals surface area (Å²) in [5.74, 6) is 0.395. The molecule has 0 radical (unpaired) electrons. The van der Waals surface area contributed by atoms with Crippen LogP contribution >= 0.6 is 22.6 Å². The van der Waals surface area contributed by atoms with Crippen molar-refractivity contribution in [1.29, 1.82) is 0 Å². The Hall–Kier alpha value is -1.16. The van der Waals surface area contributed by atoms with Gasteiger partial charge in [-0.15, -0.1) is 0 Å². The fraction of sp³-hybridized carbons (Fsp3) is 0.333. The lowest BCUT2D eigenvalue weighted by Gasteiger charge is -2.34. The lowest BCUT2D eigenvalue weighted by molar-refractivity contribution is 0.181. The summed E-state index contributed by atoms with van der Waals surface area (Å²) in [7, 11) is -2.05. The molecule has 1 fully saturated rings. The largest absolute Gasteiger partial charge is 0.495 e. The quantitative estimate of drug-likeness (QED) is 0.629. The summed E-state index contributed by atoms with van der Waals surface area (Å²) in [6, 6.07) is 15.5. The predicted octanol–water partition coefficient (Wildman–Crippen LogP) is 2.81. The molecule has 0 saturated carbocycles. The van der Waals surface area contributed by atoms with Gasteiger partial charge in [-0.05, 0) is 46.4 Å². The van der Waals surface area contributed by atoms with E-state index in [1.807, 2.05) is 24.3 Å². The SMILES string of the molecule is COc1ccc(I)cc1S(=O)(=O)N1CCN(Cc2ccccc2)CC1. The van der Waals surface area contributed by atoms with Gasteiger partial charge in [0, 0.05) is 36.3 Å². The van der Waals surface area contributed by atoms with Gasteiger partial charge in [0.25, 0.3) is 0 Å². The first kappa shape index (κ1) is 18.6. The fourth-order valence-corrected chi connectivity index (χ4v) is 5.27. The van der Waals surface area contributed by atoms with Crippen molar-refractivity contribution in [3.8, 4) is 5.75 Å². The first-order valence-electron chi connectivity index (χ1n) is 8.10. The molecule has 0 amide bonds. The zero-order valence-electron chi connectivity index (χ0n) is 14.1. The maximum atomic E-state index is 13.0. The zero-order valence-corrected chi connectivity index (χ0v) is 17.0. The van der Waals surface area contributed by atoms with Gasteiger partial charge in [0.05, 0.1) is 7.11 Å². The highest BCUT2D eigenvalue weighted by molar-refractivity contribution is 14.1. The molecule has 0 aliphatic carbocycles. The van der Waals surface area contributed by atoms with Crippen molar-refractivity contribution in [3.05, 3.63) is 57.7 Å². The maximum absolute atomic E-state index is 13.0. The Morgan fingerprint density at radius 2 is 1.72 bits per heavy atom. The Kier molecular flexibility index (Phi) is 5.98. The first-order chi connectivity index (χ1) is 12.0. The van der Waals surface area contributed by atoms with Crippen LogP contribution in [0, 0.1) is 3.57 Å². The molecule has 134 valence electrons. The van der Waals surface area contributed by atoms with E-state index in [0.717, 1.165) is 23.2 Å². The highest BCUT2D eigenvalue weighted by atomic mass is 127. The molecule has 0 atom stereocenters. The minimum absolute atomic E-state index is 0.249. The molecule has 2 aromatic carbocycles. The zero-order chi connectivity index (χ0) is 17.9. The highest BCUT2D eigenvalue weighted by Crippen LogP contribution is 2.29. The third kappa shape index (κ3) is 4.33.